The van der Waals surface area contributed by atoms with Gasteiger partial charge in [-0.3, -0.25) is 19.2 Å². The van der Waals surface area contributed by atoms with Crippen LogP contribution >= 0.6 is 0 Å². The molecule has 4 rings (SSSR count). The number of anilines is 1. The van der Waals surface area contributed by atoms with E-state index >= 15 is 0 Å². The smallest absolute Gasteiger partial charge is 0.358 e. The van der Waals surface area contributed by atoms with Gasteiger partial charge in [0.05, 0.1) is 13.2 Å². The SMILES string of the molecule is CCOC(=O)c1cc2n(n1)CC(C)(C(=O)NC1CCCCC1)N(c1ccccc1C)C2=O. The highest BCUT2D eigenvalue weighted by Gasteiger charge is 2.49. The van der Waals surface area contributed by atoms with Crippen LogP contribution in [0, 0.1) is 6.92 Å². The number of nitrogens with one attached hydrogen (secondary N) is 1. The van der Waals surface area contributed by atoms with E-state index in [9.17, 15) is 14.4 Å². The number of aromatic nitrogens is 2. The van der Waals surface area contributed by atoms with Gasteiger partial charge in [0, 0.05) is 17.8 Å². The fourth-order valence-electron chi connectivity index (χ4n) is 4.67. The number of fused-ring (bicyclic) bond motifs is 1. The highest BCUT2D eigenvalue weighted by atomic mass is 16.5. The van der Waals surface area contributed by atoms with Crippen LogP contribution in [0.3, 0.4) is 0 Å². The topological polar surface area (TPSA) is 93.5 Å². The molecular weight excluding hydrogens is 408 g/mol. The number of carbonyl (C=O) groups excluding carboxylic acids is 3. The summed E-state index contributed by atoms with van der Waals surface area (Å²) in [6.45, 7) is 5.75. The molecule has 0 radical (unpaired) electrons. The van der Waals surface area contributed by atoms with Gasteiger partial charge in [0.2, 0.25) is 5.91 Å². The Morgan fingerprint density at radius 2 is 1.94 bits per heavy atom. The molecule has 8 nitrogen and oxygen atoms in total. The second kappa shape index (κ2) is 8.76. The van der Waals surface area contributed by atoms with Crippen LogP contribution in [0.5, 0.6) is 0 Å². The van der Waals surface area contributed by atoms with E-state index in [4.69, 9.17) is 4.74 Å². The first-order valence-electron chi connectivity index (χ1n) is 11.3. The van der Waals surface area contributed by atoms with E-state index in [1.807, 2.05) is 31.2 Å². The highest BCUT2D eigenvalue weighted by molar-refractivity contribution is 6.12. The maximum atomic E-state index is 13.7. The number of aryl methyl sites for hydroxylation is 1. The van der Waals surface area contributed by atoms with Gasteiger partial charge in [-0.05, 0) is 45.2 Å². The third kappa shape index (κ3) is 3.89. The molecule has 170 valence electrons. The Bertz CT molecular complexity index is 1040. The third-order valence-corrected chi connectivity index (χ3v) is 6.42. The molecule has 0 spiro atoms. The maximum absolute atomic E-state index is 13.7. The molecule has 2 aliphatic rings. The Morgan fingerprint density at radius 1 is 1.22 bits per heavy atom. The van der Waals surface area contributed by atoms with Crippen molar-refractivity contribution in [3.05, 3.63) is 47.3 Å². The van der Waals surface area contributed by atoms with Gasteiger partial charge in [-0.25, -0.2) is 4.79 Å². The van der Waals surface area contributed by atoms with Crippen molar-refractivity contribution in [3.8, 4) is 0 Å². The van der Waals surface area contributed by atoms with E-state index in [0.29, 0.717) is 5.69 Å². The van der Waals surface area contributed by atoms with Crippen molar-refractivity contribution < 1.29 is 19.1 Å². The van der Waals surface area contributed by atoms with Crippen LogP contribution in [0.1, 0.15) is 72.5 Å². The first-order valence-corrected chi connectivity index (χ1v) is 11.3. The normalized spacial score (nSPS) is 21.2. The van der Waals surface area contributed by atoms with Gasteiger partial charge < -0.3 is 10.1 Å². The first-order chi connectivity index (χ1) is 15.3. The molecule has 1 unspecified atom stereocenters. The standard InChI is InChI=1S/C24H30N4O4/c1-4-32-22(30)18-14-20-21(29)28(19-13-9-8-10-16(19)2)24(3,15-27(20)26-18)23(31)25-17-11-6-5-7-12-17/h8-10,13-14,17H,4-7,11-12,15H2,1-3H3,(H,25,31). The number of esters is 1. The van der Waals surface area contributed by atoms with Crippen LogP contribution < -0.4 is 10.2 Å². The van der Waals surface area contributed by atoms with Gasteiger partial charge in [-0.15, -0.1) is 0 Å². The quantitative estimate of drug-likeness (QED) is 0.724. The minimum atomic E-state index is -1.20. The van der Waals surface area contributed by atoms with Gasteiger partial charge in [0.15, 0.2) is 5.69 Å². The summed E-state index contributed by atoms with van der Waals surface area (Å²) in [6, 6.07) is 9.07. The van der Waals surface area contributed by atoms with Crippen LogP contribution in [0.25, 0.3) is 0 Å². The summed E-state index contributed by atoms with van der Waals surface area (Å²) in [5.74, 6) is -1.16. The van der Waals surface area contributed by atoms with E-state index in [-0.39, 0.29) is 42.4 Å². The number of carbonyl (C=O) groups is 3. The maximum Gasteiger partial charge on any atom is 0.358 e. The first kappa shape index (κ1) is 22.0. The van der Waals surface area contributed by atoms with Crippen LogP contribution in [0.15, 0.2) is 30.3 Å². The van der Waals surface area contributed by atoms with Crippen LogP contribution in [0.2, 0.25) is 0 Å². The lowest BCUT2D eigenvalue weighted by molar-refractivity contribution is -0.127. The van der Waals surface area contributed by atoms with Crippen molar-refractivity contribution in [2.75, 3.05) is 11.5 Å². The number of rotatable bonds is 5. The Labute approximate surface area is 187 Å². The molecule has 2 aromatic rings. The minimum Gasteiger partial charge on any atom is -0.461 e. The molecule has 1 fully saturated rings. The second-order valence-corrected chi connectivity index (χ2v) is 8.80. The monoisotopic (exact) mass is 438 g/mol. The fourth-order valence-corrected chi connectivity index (χ4v) is 4.67. The number of ether oxygens (including phenoxy) is 1. The molecule has 1 aliphatic carbocycles. The van der Waals surface area contributed by atoms with Crippen molar-refractivity contribution in [1.82, 2.24) is 15.1 Å². The number of amides is 2. The summed E-state index contributed by atoms with van der Waals surface area (Å²) in [5, 5.41) is 7.49. The zero-order valence-corrected chi connectivity index (χ0v) is 18.9. The number of benzene rings is 1. The molecular formula is C24H30N4O4. The Morgan fingerprint density at radius 3 is 2.62 bits per heavy atom. The number of hydrogen-bond donors (Lipinski definition) is 1. The number of hydrogen-bond acceptors (Lipinski definition) is 5. The minimum absolute atomic E-state index is 0.0665. The third-order valence-electron chi connectivity index (χ3n) is 6.42. The van der Waals surface area contributed by atoms with E-state index < -0.39 is 11.5 Å². The molecule has 0 saturated heterocycles. The van der Waals surface area contributed by atoms with Crippen LogP contribution in [-0.4, -0.2) is 45.8 Å². The lowest BCUT2D eigenvalue weighted by Crippen LogP contribution is -2.65. The number of nitrogens with zero attached hydrogens (tertiary/aromatic N) is 3. The zero-order chi connectivity index (χ0) is 22.9. The predicted octanol–water partition coefficient (Wildman–Crippen LogP) is 3.24. The highest BCUT2D eigenvalue weighted by Crippen LogP contribution is 2.35. The molecule has 1 aliphatic heterocycles. The van der Waals surface area contributed by atoms with Crippen molar-refractivity contribution in [2.45, 2.75) is 71.0 Å². The van der Waals surface area contributed by atoms with Crippen molar-refractivity contribution in [3.63, 3.8) is 0 Å². The van der Waals surface area contributed by atoms with Crippen molar-refractivity contribution >= 4 is 23.5 Å². The van der Waals surface area contributed by atoms with Gasteiger partial charge in [0.25, 0.3) is 5.91 Å². The molecule has 1 saturated carbocycles. The summed E-state index contributed by atoms with van der Waals surface area (Å²) < 4.78 is 6.51. The number of para-hydroxylation sites is 1. The molecule has 1 N–H and O–H groups in total. The molecule has 0 bridgehead atoms. The summed E-state index contributed by atoms with van der Waals surface area (Å²) in [7, 11) is 0. The van der Waals surface area contributed by atoms with Crippen molar-refractivity contribution in [1.29, 1.82) is 0 Å². The van der Waals surface area contributed by atoms with Gasteiger partial charge in [0.1, 0.15) is 11.2 Å². The lowest BCUT2D eigenvalue weighted by atomic mass is 9.90. The van der Waals surface area contributed by atoms with Crippen LogP contribution in [0.4, 0.5) is 5.69 Å². The Kier molecular flexibility index (Phi) is 6.04. The average molecular weight is 439 g/mol. The molecule has 2 heterocycles. The summed E-state index contributed by atoms with van der Waals surface area (Å²) in [4.78, 5) is 41.1. The van der Waals surface area contributed by atoms with Gasteiger partial charge in [-0.2, -0.15) is 5.10 Å². The molecule has 1 aromatic heterocycles. The molecule has 1 atom stereocenters. The molecule has 1 aromatic carbocycles. The zero-order valence-electron chi connectivity index (χ0n) is 18.9. The Hall–Kier alpha value is -3.16. The molecule has 2 amide bonds. The molecule has 8 heteroatoms. The fraction of sp³-hybridized carbons (Fsp3) is 0.500. The van der Waals surface area contributed by atoms with E-state index in [1.165, 1.54) is 17.2 Å². The largest absolute Gasteiger partial charge is 0.461 e. The Balaban J connectivity index is 1.75. The second-order valence-electron chi connectivity index (χ2n) is 8.80. The van der Waals surface area contributed by atoms with Gasteiger partial charge in [-0.1, -0.05) is 37.5 Å². The summed E-state index contributed by atoms with van der Waals surface area (Å²) in [6.07, 6.45) is 5.26. The van der Waals surface area contributed by atoms with Crippen LogP contribution in [-0.2, 0) is 16.1 Å². The van der Waals surface area contributed by atoms with Crippen molar-refractivity contribution in [2.24, 2.45) is 0 Å². The average Bonchev–Trinajstić information content (AvgIpc) is 3.20. The van der Waals surface area contributed by atoms with E-state index in [2.05, 4.69) is 10.4 Å². The van der Waals surface area contributed by atoms with E-state index in [1.54, 1.807) is 18.7 Å². The molecule has 32 heavy (non-hydrogen) atoms. The van der Waals surface area contributed by atoms with Gasteiger partial charge >= 0.3 is 5.97 Å². The predicted molar refractivity (Wildman–Crippen MR) is 120 cm³/mol. The lowest BCUT2D eigenvalue weighted by Gasteiger charge is -2.44. The van der Waals surface area contributed by atoms with E-state index in [0.717, 1.165) is 31.2 Å². The summed E-state index contributed by atoms with van der Waals surface area (Å²) in [5.41, 5.74) is 0.683. The summed E-state index contributed by atoms with van der Waals surface area (Å²) >= 11 is 0.